The molecule has 1 aliphatic heterocycles. The van der Waals surface area contributed by atoms with Crippen molar-refractivity contribution in [2.75, 3.05) is 13.1 Å². The van der Waals surface area contributed by atoms with Gasteiger partial charge in [0.15, 0.2) is 0 Å². The maximum absolute atomic E-state index is 13.4. The summed E-state index contributed by atoms with van der Waals surface area (Å²) in [6.45, 7) is 1.02. The van der Waals surface area contributed by atoms with E-state index in [-0.39, 0.29) is 6.54 Å². The van der Waals surface area contributed by atoms with Crippen LogP contribution in [0.1, 0.15) is 42.7 Å². The molecule has 0 radical (unpaired) electrons. The van der Waals surface area contributed by atoms with Crippen molar-refractivity contribution in [2.45, 2.75) is 36.9 Å². The number of amides is 1. The van der Waals surface area contributed by atoms with Crippen LogP contribution < -0.4 is 0 Å². The highest BCUT2D eigenvalue weighted by Crippen LogP contribution is 2.34. The van der Waals surface area contributed by atoms with Crippen molar-refractivity contribution in [1.82, 2.24) is 9.31 Å². The number of sulfonamides is 1. The van der Waals surface area contributed by atoms with Gasteiger partial charge in [0.2, 0.25) is 10.0 Å². The molecule has 2 aromatic carbocycles. The minimum Gasteiger partial charge on any atom is -0.467 e. The average Bonchev–Trinajstić information content (AvgIpc) is 3.54. The van der Waals surface area contributed by atoms with E-state index in [2.05, 4.69) is 5.10 Å². The third kappa shape index (κ3) is 5.89. The van der Waals surface area contributed by atoms with Gasteiger partial charge in [0.25, 0.3) is 5.91 Å². The quantitative estimate of drug-likeness (QED) is 0.357. The summed E-state index contributed by atoms with van der Waals surface area (Å²) in [7, 11) is -4.41. The van der Waals surface area contributed by atoms with Crippen molar-refractivity contribution in [3.8, 4) is 0 Å². The molecular weight excluding hydrogens is 531 g/mol. The van der Waals surface area contributed by atoms with Gasteiger partial charge in [0.05, 0.1) is 29.0 Å². The van der Waals surface area contributed by atoms with Crippen molar-refractivity contribution >= 4 is 33.2 Å². The van der Waals surface area contributed by atoms with Gasteiger partial charge in [-0.1, -0.05) is 36.7 Å². The molecule has 2 heterocycles. The molecule has 1 amide bonds. The predicted molar refractivity (Wildman–Crippen MR) is 131 cm³/mol. The van der Waals surface area contributed by atoms with Gasteiger partial charge in [-0.3, -0.25) is 4.79 Å². The number of carbonyl (C=O) groups excluding carboxylic acids is 1. The fraction of sp³-hybridized carbons (Fsp3) is 0.280. The van der Waals surface area contributed by atoms with Crippen LogP contribution in [0.3, 0.4) is 0 Å². The standard InChI is InChI=1S/C25H23ClF3N3O4S/c1-2-12-31(37(34,35)20-6-3-5-18(14-20)25(27,28)29)16-24(33)32-22(23-7-4-13-36-23)15-21(30-32)17-8-10-19(26)11-9-17/h3-11,13-14,22H,2,12,15-16H2,1H3/t22-/m0/s1. The number of hydrogen-bond donors (Lipinski definition) is 0. The Bertz CT molecular complexity index is 1390. The summed E-state index contributed by atoms with van der Waals surface area (Å²) in [6, 6.07) is 13.1. The Balaban J connectivity index is 1.64. The zero-order valence-electron chi connectivity index (χ0n) is 19.7. The summed E-state index contributed by atoms with van der Waals surface area (Å²) in [5, 5.41) is 6.18. The number of furan rings is 1. The zero-order chi connectivity index (χ0) is 26.8. The van der Waals surface area contributed by atoms with Gasteiger partial charge >= 0.3 is 6.18 Å². The molecule has 0 spiro atoms. The summed E-state index contributed by atoms with van der Waals surface area (Å²) in [5.41, 5.74) is 0.221. The molecule has 196 valence electrons. The van der Waals surface area contributed by atoms with Gasteiger partial charge in [-0.2, -0.15) is 22.6 Å². The van der Waals surface area contributed by atoms with Crippen LogP contribution in [0.25, 0.3) is 0 Å². The second kappa shape index (κ2) is 10.7. The van der Waals surface area contributed by atoms with Crippen LogP contribution in [0.15, 0.2) is 81.3 Å². The molecule has 4 rings (SSSR count). The molecule has 37 heavy (non-hydrogen) atoms. The van der Waals surface area contributed by atoms with E-state index < -0.39 is 45.2 Å². The molecule has 1 aromatic heterocycles. The third-order valence-corrected chi connectivity index (χ3v) is 7.89. The smallest absolute Gasteiger partial charge is 0.416 e. The van der Waals surface area contributed by atoms with Crippen molar-refractivity contribution in [2.24, 2.45) is 5.10 Å². The molecule has 7 nitrogen and oxygen atoms in total. The second-order valence-corrected chi connectivity index (χ2v) is 10.8. The number of hydrazone groups is 1. The van der Waals surface area contributed by atoms with Crippen molar-refractivity contribution in [1.29, 1.82) is 0 Å². The van der Waals surface area contributed by atoms with Gasteiger partial charge in [0.1, 0.15) is 11.8 Å². The van der Waals surface area contributed by atoms with Gasteiger partial charge < -0.3 is 4.42 Å². The Kier molecular flexibility index (Phi) is 7.77. The first-order chi connectivity index (χ1) is 17.5. The van der Waals surface area contributed by atoms with Gasteiger partial charge in [0, 0.05) is 18.0 Å². The van der Waals surface area contributed by atoms with Crippen molar-refractivity contribution < 1.29 is 30.8 Å². The Labute approximate surface area is 217 Å². The first kappa shape index (κ1) is 26.9. The van der Waals surface area contributed by atoms with Crippen LogP contribution >= 0.6 is 11.6 Å². The molecule has 12 heteroatoms. The Morgan fingerprint density at radius 1 is 1.16 bits per heavy atom. The van der Waals surface area contributed by atoms with E-state index in [4.69, 9.17) is 16.0 Å². The number of hydrogen-bond acceptors (Lipinski definition) is 5. The SMILES string of the molecule is CCCN(CC(=O)N1N=C(c2ccc(Cl)cc2)C[C@H]1c1ccco1)S(=O)(=O)c1cccc(C(F)(F)F)c1. The van der Waals surface area contributed by atoms with Crippen LogP contribution in [0.2, 0.25) is 5.02 Å². The maximum Gasteiger partial charge on any atom is 0.416 e. The van der Waals surface area contributed by atoms with Gasteiger partial charge in [-0.25, -0.2) is 13.4 Å². The summed E-state index contributed by atoms with van der Waals surface area (Å²) < 4.78 is 72.6. The molecule has 3 aromatic rings. The molecule has 0 N–H and O–H groups in total. The lowest BCUT2D eigenvalue weighted by molar-refractivity contribution is -0.137. The largest absolute Gasteiger partial charge is 0.467 e. The summed E-state index contributed by atoms with van der Waals surface area (Å²) in [5.74, 6) is -0.182. The van der Waals surface area contributed by atoms with Crippen LogP contribution in [-0.2, 0) is 21.0 Å². The minimum absolute atomic E-state index is 0.0721. The highest BCUT2D eigenvalue weighted by atomic mass is 35.5. The minimum atomic E-state index is -4.71. The molecular formula is C25H23ClF3N3O4S. The normalized spacial score (nSPS) is 16.3. The lowest BCUT2D eigenvalue weighted by atomic mass is 10.0. The summed E-state index contributed by atoms with van der Waals surface area (Å²) in [4.78, 5) is 12.9. The van der Waals surface area contributed by atoms with Crippen LogP contribution in [0.4, 0.5) is 13.2 Å². The topological polar surface area (TPSA) is 83.2 Å². The maximum atomic E-state index is 13.4. The second-order valence-electron chi connectivity index (χ2n) is 8.39. The lowest BCUT2D eigenvalue weighted by Gasteiger charge is -2.25. The van der Waals surface area contributed by atoms with E-state index in [1.807, 2.05) is 0 Å². The van der Waals surface area contributed by atoms with Crippen LogP contribution in [-0.4, -0.2) is 42.4 Å². The molecule has 0 bridgehead atoms. The van der Waals surface area contributed by atoms with E-state index in [1.165, 1.54) is 11.3 Å². The van der Waals surface area contributed by atoms with E-state index in [0.29, 0.717) is 35.4 Å². The van der Waals surface area contributed by atoms with Crippen LogP contribution in [0.5, 0.6) is 0 Å². The Morgan fingerprint density at radius 3 is 2.51 bits per heavy atom. The number of benzene rings is 2. The summed E-state index contributed by atoms with van der Waals surface area (Å²) in [6.07, 6.45) is -2.60. The zero-order valence-corrected chi connectivity index (χ0v) is 21.2. The third-order valence-electron chi connectivity index (χ3n) is 5.80. The highest BCUT2D eigenvalue weighted by molar-refractivity contribution is 7.89. The molecule has 0 saturated carbocycles. The van der Waals surface area contributed by atoms with Crippen LogP contribution in [0, 0.1) is 0 Å². The Morgan fingerprint density at radius 2 is 1.89 bits per heavy atom. The van der Waals surface area contributed by atoms with Crippen molar-refractivity contribution in [3.63, 3.8) is 0 Å². The van der Waals surface area contributed by atoms with Gasteiger partial charge in [-0.15, -0.1) is 0 Å². The van der Waals surface area contributed by atoms with E-state index in [1.54, 1.807) is 43.3 Å². The first-order valence-electron chi connectivity index (χ1n) is 11.4. The van der Waals surface area contributed by atoms with E-state index in [0.717, 1.165) is 28.1 Å². The predicted octanol–water partition coefficient (Wildman–Crippen LogP) is 5.73. The molecule has 1 aliphatic rings. The Hall–Kier alpha value is -3.15. The highest BCUT2D eigenvalue weighted by Gasteiger charge is 2.38. The molecule has 0 fully saturated rings. The average molecular weight is 554 g/mol. The lowest BCUT2D eigenvalue weighted by Crippen LogP contribution is -2.41. The first-order valence-corrected chi connectivity index (χ1v) is 13.2. The molecule has 1 atom stereocenters. The number of alkyl halides is 3. The monoisotopic (exact) mass is 553 g/mol. The number of nitrogens with zero attached hydrogens (tertiary/aromatic N) is 3. The number of carbonyl (C=O) groups is 1. The fourth-order valence-corrected chi connectivity index (χ4v) is 5.65. The fourth-order valence-electron chi connectivity index (χ4n) is 4.00. The van der Waals surface area contributed by atoms with E-state index >= 15 is 0 Å². The van der Waals surface area contributed by atoms with Gasteiger partial charge in [-0.05, 0) is 54.4 Å². The molecule has 0 saturated heterocycles. The van der Waals surface area contributed by atoms with E-state index in [9.17, 15) is 26.4 Å². The number of rotatable bonds is 8. The molecule has 0 unspecified atom stereocenters. The number of halogens is 4. The van der Waals surface area contributed by atoms with Crippen molar-refractivity contribution in [3.05, 3.63) is 88.8 Å². The summed E-state index contributed by atoms with van der Waals surface area (Å²) >= 11 is 5.98. The molecule has 0 aliphatic carbocycles.